The number of para-hydroxylation sites is 1. The van der Waals surface area contributed by atoms with Crippen LogP contribution in [-0.2, 0) is 16.6 Å². The fourth-order valence-electron chi connectivity index (χ4n) is 2.61. The fourth-order valence-corrected chi connectivity index (χ4v) is 4.46. The van der Waals surface area contributed by atoms with E-state index in [-0.39, 0.29) is 9.92 Å². The van der Waals surface area contributed by atoms with Crippen molar-refractivity contribution in [3.63, 3.8) is 0 Å². The van der Waals surface area contributed by atoms with Crippen LogP contribution in [0.3, 0.4) is 0 Å². The lowest BCUT2D eigenvalue weighted by Crippen LogP contribution is -2.34. The van der Waals surface area contributed by atoms with E-state index < -0.39 is 10.0 Å². The van der Waals surface area contributed by atoms with E-state index in [1.54, 1.807) is 6.07 Å². The third-order valence-electron chi connectivity index (χ3n) is 3.78. The molecule has 0 aliphatic carbocycles. The zero-order chi connectivity index (χ0) is 16.4. The van der Waals surface area contributed by atoms with Gasteiger partial charge in [0.25, 0.3) is 10.0 Å². The Labute approximate surface area is 140 Å². The first kappa shape index (κ1) is 16.1. The van der Waals surface area contributed by atoms with Gasteiger partial charge in [0.2, 0.25) is 0 Å². The van der Waals surface area contributed by atoms with Gasteiger partial charge in [0.05, 0.1) is 22.7 Å². The molecular formula is C16H17ClN2O3S. The monoisotopic (exact) mass is 352 g/mol. The van der Waals surface area contributed by atoms with Gasteiger partial charge >= 0.3 is 0 Å². The Morgan fingerprint density at radius 3 is 2.74 bits per heavy atom. The molecule has 0 atom stereocenters. The molecular weight excluding hydrogens is 336 g/mol. The number of hydrogen-bond donors (Lipinski definition) is 1. The zero-order valence-corrected chi connectivity index (χ0v) is 14.2. The highest BCUT2D eigenvalue weighted by Gasteiger charge is 2.28. The van der Waals surface area contributed by atoms with E-state index in [2.05, 4.69) is 5.32 Å². The maximum atomic E-state index is 13.1. The standard InChI is InChI=1S/C16H17ClN2O3S/c1-22-16-7-6-13(10-14(16)17)23(20,21)19-9-8-18-11-12-4-2-3-5-15(12)19/h2-7,10,18H,8-9,11H2,1H3. The van der Waals surface area contributed by atoms with Crippen LogP contribution in [0.4, 0.5) is 5.69 Å². The molecule has 23 heavy (non-hydrogen) atoms. The van der Waals surface area contributed by atoms with Crippen LogP contribution in [0.2, 0.25) is 5.02 Å². The average Bonchev–Trinajstić information content (AvgIpc) is 2.77. The topological polar surface area (TPSA) is 58.6 Å². The summed E-state index contributed by atoms with van der Waals surface area (Å²) in [5.41, 5.74) is 1.65. The molecule has 0 radical (unpaired) electrons. The lowest BCUT2D eigenvalue weighted by molar-refractivity contribution is 0.414. The lowest BCUT2D eigenvalue weighted by atomic mass is 10.2. The summed E-state index contributed by atoms with van der Waals surface area (Å²) in [5, 5.41) is 3.51. The maximum absolute atomic E-state index is 13.1. The van der Waals surface area contributed by atoms with Crippen molar-refractivity contribution in [2.45, 2.75) is 11.4 Å². The predicted molar refractivity (Wildman–Crippen MR) is 90.7 cm³/mol. The van der Waals surface area contributed by atoms with Gasteiger partial charge in [-0.15, -0.1) is 0 Å². The Morgan fingerprint density at radius 2 is 2.00 bits per heavy atom. The van der Waals surface area contributed by atoms with Crippen molar-refractivity contribution in [3.05, 3.63) is 53.1 Å². The highest BCUT2D eigenvalue weighted by atomic mass is 35.5. The summed E-state index contributed by atoms with van der Waals surface area (Å²) >= 11 is 6.09. The minimum Gasteiger partial charge on any atom is -0.495 e. The second-order valence-corrected chi connectivity index (χ2v) is 7.45. The Balaban J connectivity index is 2.07. The minimum atomic E-state index is -3.69. The first-order valence-electron chi connectivity index (χ1n) is 7.19. The highest BCUT2D eigenvalue weighted by molar-refractivity contribution is 7.92. The summed E-state index contributed by atoms with van der Waals surface area (Å²) in [5.74, 6) is 0.448. The number of sulfonamides is 1. The van der Waals surface area contributed by atoms with Gasteiger partial charge in [-0.05, 0) is 29.8 Å². The molecule has 1 aliphatic heterocycles. The molecule has 1 N–H and O–H groups in total. The van der Waals surface area contributed by atoms with Crippen molar-refractivity contribution in [1.82, 2.24) is 5.32 Å². The van der Waals surface area contributed by atoms with Crippen molar-refractivity contribution in [3.8, 4) is 5.75 Å². The number of ether oxygens (including phenoxy) is 1. The molecule has 0 amide bonds. The molecule has 122 valence electrons. The molecule has 5 nitrogen and oxygen atoms in total. The number of hydrogen-bond acceptors (Lipinski definition) is 4. The second-order valence-electron chi connectivity index (χ2n) is 5.18. The number of rotatable bonds is 3. The third-order valence-corrected chi connectivity index (χ3v) is 5.88. The van der Waals surface area contributed by atoms with E-state index in [9.17, 15) is 8.42 Å². The van der Waals surface area contributed by atoms with Crippen LogP contribution in [0.1, 0.15) is 5.56 Å². The van der Waals surface area contributed by atoms with Crippen molar-refractivity contribution in [1.29, 1.82) is 0 Å². The maximum Gasteiger partial charge on any atom is 0.264 e. The van der Waals surface area contributed by atoms with Crippen LogP contribution in [0, 0.1) is 0 Å². The van der Waals surface area contributed by atoms with E-state index in [1.807, 2.05) is 24.3 Å². The molecule has 1 heterocycles. The summed E-state index contributed by atoms with van der Waals surface area (Å²) in [6.45, 7) is 1.59. The molecule has 7 heteroatoms. The van der Waals surface area contributed by atoms with Gasteiger partial charge in [0.1, 0.15) is 5.75 Å². The molecule has 2 aromatic carbocycles. The predicted octanol–water partition coefficient (Wildman–Crippen LogP) is 2.65. The van der Waals surface area contributed by atoms with Crippen molar-refractivity contribution in [2.75, 3.05) is 24.5 Å². The summed E-state index contributed by atoms with van der Waals surface area (Å²) in [4.78, 5) is 0.153. The summed E-state index contributed by atoms with van der Waals surface area (Å²) in [6.07, 6.45) is 0. The van der Waals surface area contributed by atoms with Crippen LogP contribution in [0.5, 0.6) is 5.75 Å². The minimum absolute atomic E-state index is 0.153. The largest absolute Gasteiger partial charge is 0.495 e. The fraction of sp³-hybridized carbons (Fsp3) is 0.250. The first-order chi connectivity index (χ1) is 11.0. The Hall–Kier alpha value is -1.76. The summed E-state index contributed by atoms with van der Waals surface area (Å²) in [7, 11) is -2.20. The Morgan fingerprint density at radius 1 is 1.22 bits per heavy atom. The molecule has 3 rings (SSSR count). The van der Waals surface area contributed by atoms with Gasteiger partial charge in [0.15, 0.2) is 0 Å². The number of methoxy groups -OCH3 is 1. The van der Waals surface area contributed by atoms with E-state index in [4.69, 9.17) is 16.3 Å². The normalized spacial score (nSPS) is 15.0. The van der Waals surface area contributed by atoms with Crippen LogP contribution < -0.4 is 14.4 Å². The van der Waals surface area contributed by atoms with Gasteiger partial charge < -0.3 is 10.1 Å². The summed E-state index contributed by atoms with van der Waals surface area (Å²) in [6, 6.07) is 12.0. The molecule has 0 fully saturated rings. The SMILES string of the molecule is COc1ccc(S(=O)(=O)N2CCNCc3ccccc32)cc1Cl. The molecule has 0 unspecified atom stereocenters. The van der Waals surface area contributed by atoms with Crippen LogP contribution in [0.15, 0.2) is 47.4 Å². The lowest BCUT2D eigenvalue weighted by Gasteiger charge is -2.24. The van der Waals surface area contributed by atoms with Gasteiger partial charge in [-0.2, -0.15) is 0 Å². The number of halogens is 1. The Bertz CT molecular complexity index is 824. The number of anilines is 1. The molecule has 0 saturated carbocycles. The molecule has 0 aromatic heterocycles. The van der Waals surface area contributed by atoms with E-state index in [0.717, 1.165) is 5.56 Å². The van der Waals surface area contributed by atoms with Crippen LogP contribution in [0.25, 0.3) is 0 Å². The number of nitrogens with zero attached hydrogens (tertiary/aromatic N) is 1. The molecule has 1 aliphatic rings. The van der Waals surface area contributed by atoms with Gasteiger partial charge in [0, 0.05) is 19.6 Å². The molecule has 2 aromatic rings. The molecule has 0 spiro atoms. The highest BCUT2D eigenvalue weighted by Crippen LogP contribution is 2.32. The zero-order valence-electron chi connectivity index (χ0n) is 12.6. The second kappa shape index (κ2) is 6.39. The van der Waals surface area contributed by atoms with Gasteiger partial charge in [-0.3, -0.25) is 4.31 Å². The smallest absolute Gasteiger partial charge is 0.264 e. The van der Waals surface area contributed by atoms with Crippen molar-refractivity contribution >= 4 is 27.3 Å². The quantitative estimate of drug-likeness (QED) is 0.922. The number of benzene rings is 2. The van der Waals surface area contributed by atoms with E-state index >= 15 is 0 Å². The van der Waals surface area contributed by atoms with Crippen molar-refractivity contribution in [2.24, 2.45) is 0 Å². The molecule has 0 saturated heterocycles. The van der Waals surface area contributed by atoms with Crippen LogP contribution in [-0.4, -0.2) is 28.6 Å². The average molecular weight is 353 g/mol. The first-order valence-corrected chi connectivity index (χ1v) is 9.01. The molecule has 0 bridgehead atoms. The number of nitrogens with one attached hydrogen (secondary N) is 1. The van der Waals surface area contributed by atoms with E-state index in [1.165, 1.54) is 23.5 Å². The Kier molecular flexibility index (Phi) is 4.48. The van der Waals surface area contributed by atoms with Crippen LogP contribution >= 0.6 is 11.6 Å². The van der Waals surface area contributed by atoms with E-state index in [0.29, 0.717) is 31.1 Å². The van der Waals surface area contributed by atoms with Gasteiger partial charge in [-0.1, -0.05) is 29.8 Å². The number of fused-ring (bicyclic) bond motifs is 1. The summed E-state index contributed by atoms with van der Waals surface area (Å²) < 4.78 is 32.6. The van der Waals surface area contributed by atoms with Crippen molar-refractivity contribution < 1.29 is 13.2 Å². The third kappa shape index (κ3) is 3.02. The van der Waals surface area contributed by atoms with Gasteiger partial charge in [-0.25, -0.2) is 8.42 Å².